The van der Waals surface area contributed by atoms with E-state index in [0.29, 0.717) is 24.2 Å². The highest BCUT2D eigenvalue weighted by atomic mass is 19.1. The minimum absolute atomic E-state index is 0.232. The quantitative estimate of drug-likeness (QED) is 0.485. The van der Waals surface area contributed by atoms with Gasteiger partial charge in [-0.15, -0.1) is 0 Å². The van der Waals surface area contributed by atoms with Gasteiger partial charge in [-0.1, -0.05) is 37.1 Å². The lowest BCUT2D eigenvalue weighted by Crippen LogP contribution is -2.45. The predicted octanol–water partition coefficient (Wildman–Crippen LogP) is 4.16. The first-order valence-corrected chi connectivity index (χ1v) is 11.2. The molecule has 2 atom stereocenters. The van der Waals surface area contributed by atoms with Crippen LogP contribution >= 0.6 is 0 Å². The number of aromatic nitrogens is 3. The maximum Gasteiger partial charge on any atom is 0.272 e. The maximum absolute atomic E-state index is 13.1. The average Bonchev–Trinajstić information content (AvgIpc) is 3.31. The molecular weight excluding hydrogens is 419 g/mol. The smallest absolute Gasteiger partial charge is 0.272 e. The Labute approximate surface area is 191 Å². The third kappa shape index (κ3) is 4.64. The van der Waals surface area contributed by atoms with Gasteiger partial charge in [0.25, 0.3) is 5.91 Å². The van der Waals surface area contributed by atoms with E-state index in [-0.39, 0.29) is 17.8 Å². The molecule has 3 heterocycles. The number of carbonyl (C=O) groups excluding carboxylic acids is 1. The fourth-order valence-electron chi connectivity index (χ4n) is 4.43. The Morgan fingerprint density at radius 1 is 1.12 bits per heavy atom. The van der Waals surface area contributed by atoms with E-state index in [9.17, 15) is 14.3 Å². The summed E-state index contributed by atoms with van der Waals surface area (Å²) in [6.45, 7) is 0. The number of aliphatic hydroxyl groups is 1. The first-order valence-electron chi connectivity index (χ1n) is 11.2. The summed E-state index contributed by atoms with van der Waals surface area (Å²) in [7, 11) is 0. The number of nitrogens with one attached hydrogen (secondary N) is 1. The summed E-state index contributed by atoms with van der Waals surface area (Å²) < 4.78 is 14.9. The Morgan fingerprint density at radius 3 is 2.70 bits per heavy atom. The van der Waals surface area contributed by atoms with Crippen molar-refractivity contribution in [3.63, 3.8) is 0 Å². The van der Waals surface area contributed by atoms with Crippen molar-refractivity contribution in [1.29, 1.82) is 0 Å². The van der Waals surface area contributed by atoms with Crippen LogP contribution in [0.2, 0.25) is 0 Å². The second-order valence-corrected chi connectivity index (χ2v) is 8.56. The van der Waals surface area contributed by atoms with Crippen LogP contribution in [0.5, 0.6) is 0 Å². The number of fused-ring (bicyclic) bond motifs is 1. The molecule has 0 spiro atoms. The Morgan fingerprint density at radius 2 is 1.94 bits per heavy atom. The molecule has 5 rings (SSSR count). The van der Waals surface area contributed by atoms with Crippen LogP contribution in [0.4, 0.5) is 4.39 Å². The molecule has 3 aromatic heterocycles. The largest absolute Gasteiger partial charge is 0.391 e. The van der Waals surface area contributed by atoms with Gasteiger partial charge in [-0.25, -0.2) is 8.91 Å². The van der Waals surface area contributed by atoms with E-state index in [2.05, 4.69) is 15.4 Å². The van der Waals surface area contributed by atoms with Crippen LogP contribution in [0, 0.1) is 5.82 Å². The molecule has 0 aliphatic heterocycles. The van der Waals surface area contributed by atoms with Crippen LogP contribution in [0.1, 0.15) is 47.3 Å². The summed E-state index contributed by atoms with van der Waals surface area (Å²) >= 11 is 0. The molecular formula is C26H25FN4O2. The van der Waals surface area contributed by atoms with E-state index in [1.54, 1.807) is 10.6 Å². The SMILES string of the molecule is O=C(N[C@@H]1CCCC[C@H]1O)c1cc(Cc2ccc(-c3ccc(F)cn3)cc2)c2cccn2n1. The Balaban J connectivity index is 1.38. The van der Waals surface area contributed by atoms with Crippen molar-refractivity contribution in [2.45, 2.75) is 44.2 Å². The minimum atomic E-state index is -0.508. The van der Waals surface area contributed by atoms with Gasteiger partial charge in [0.15, 0.2) is 0 Å². The summed E-state index contributed by atoms with van der Waals surface area (Å²) in [5, 5.41) is 17.6. The van der Waals surface area contributed by atoms with Gasteiger partial charge in [-0.3, -0.25) is 9.78 Å². The molecule has 1 amide bonds. The lowest BCUT2D eigenvalue weighted by Gasteiger charge is -2.28. The van der Waals surface area contributed by atoms with Crippen molar-refractivity contribution in [3.8, 4) is 11.3 Å². The predicted molar refractivity (Wildman–Crippen MR) is 123 cm³/mol. The molecule has 0 saturated heterocycles. The van der Waals surface area contributed by atoms with Gasteiger partial charge in [0.1, 0.15) is 11.5 Å². The second kappa shape index (κ2) is 9.11. The molecule has 6 nitrogen and oxygen atoms in total. The monoisotopic (exact) mass is 444 g/mol. The lowest BCUT2D eigenvalue weighted by atomic mass is 9.92. The molecule has 4 aromatic rings. The van der Waals surface area contributed by atoms with Crippen molar-refractivity contribution in [3.05, 3.63) is 89.6 Å². The minimum Gasteiger partial charge on any atom is -0.391 e. The highest BCUT2D eigenvalue weighted by Crippen LogP contribution is 2.22. The van der Waals surface area contributed by atoms with Crippen LogP contribution in [-0.2, 0) is 6.42 Å². The van der Waals surface area contributed by atoms with Crippen LogP contribution in [-0.4, -0.2) is 37.8 Å². The number of pyridine rings is 1. The molecule has 168 valence electrons. The molecule has 1 aliphatic rings. The summed E-state index contributed by atoms with van der Waals surface area (Å²) in [6.07, 6.45) is 6.63. The van der Waals surface area contributed by atoms with Crippen molar-refractivity contribution in [2.24, 2.45) is 0 Å². The molecule has 0 unspecified atom stereocenters. The van der Waals surface area contributed by atoms with Gasteiger partial charge in [0, 0.05) is 11.8 Å². The molecule has 1 fully saturated rings. The van der Waals surface area contributed by atoms with Crippen molar-refractivity contribution < 1.29 is 14.3 Å². The van der Waals surface area contributed by atoms with Crippen molar-refractivity contribution in [1.82, 2.24) is 19.9 Å². The fourth-order valence-corrected chi connectivity index (χ4v) is 4.43. The molecule has 33 heavy (non-hydrogen) atoms. The van der Waals surface area contributed by atoms with Crippen LogP contribution < -0.4 is 5.32 Å². The zero-order valence-corrected chi connectivity index (χ0v) is 18.1. The van der Waals surface area contributed by atoms with E-state index >= 15 is 0 Å². The number of amides is 1. The van der Waals surface area contributed by atoms with Crippen molar-refractivity contribution in [2.75, 3.05) is 0 Å². The van der Waals surface area contributed by atoms with E-state index in [1.807, 2.05) is 48.7 Å². The van der Waals surface area contributed by atoms with Crippen molar-refractivity contribution >= 4 is 11.4 Å². The second-order valence-electron chi connectivity index (χ2n) is 8.56. The van der Waals surface area contributed by atoms with E-state index < -0.39 is 6.10 Å². The van der Waals surface area contributed by atoms with E-state index in [0.717, 1.165) is 41.5 Å². The normalized spacial score (nSPS) is 18.4. The number of benzene rings is 1. The van der Waals surface area contributed by atoms with Gasteiger partial charge in [-0.05, 0) is 60.7 Å². The first-order chi connectivity index (χ1) is 16.1. The number of aliphatic hydroxyl groups excluding tert-OH is 1. The number of hydrogen-bond acceptors (Lipinski definition) is 4. The third-order valence-corrected chi connectivity index (χ3v) is 6.23. The Bertz CT molecular complexity index is 1270. The molecule has 7 heteroatoms. The number of rotatable bonds is 5. The molecule has 1 saturated carbocycles. The van der Waals surface area contributed by atoms with Crippen LogP contribution in [0.25, 0.3) is 16.8 Å². The molecule has 0 radical (unpaired) electrons. The number of carbonyl (C=O) groups is 1. The molecule has 2 N–H and O–H groups in total. The molecule has 1 aliphatic carbocycles. The summed E-state index contributed by atoms with van der Waals surface area (Å²) in [6, 6.07) is 16.5. The highest BCUT2D eigenvalue weighted by molar-refractivity contribution is 5.93. The van der Waals surface area contributed by atoms with Crippen LogP contribution in [0.3, 0.4) is 0 Å². The fraction of sp³-hybridized carbons (Fsp3) is 0.269. The van der Waals surface area contributed by atoms with Gasteiger partial charge in [0.05, 0.1) is 29.6 Å². The Kier molecular flexibility index (Phi) is 5.88. The van der Waals surface area contributed by atoms with Gasteiger partial charge < -0.3 is 10.4 Å². The van der Waals surface area contributed by atoms with Gasteiger partial charge >= 0.3 is 0 Å². The van der Waals surface area contributed by atoms with Gasteiger partial charge in [-0.2, -0.15) is 5.10 Å². The van der Waals surface area contributed by atoms with Gasteiger partial charge in [0.2, 0.25) is 0 Å². The number of halogens is 1. The first kappa shape index (κ1) is 21.3. The van der Waals surface area contributed by atoms with Crippen LogP contribution in [0.15, 0.2) is 67.0 Å². The molecule has 1 aromatic carbocycles. The standard InChI is InChI=1S/C26H25FN4O2/c27-20-11-12-21(28-16-20)18-9-7-17(8-10-18)14-19-15-23(30-31-13-3-5-24(19)31)26(33)29-22-4-1-2-6-25(22)32/h3,5,7-13,15-16,22,25,32H,1-2,4,6,14H2,(H,29,33)/t22-,25-/m1/s1. The lowest BCUT2D eigenvalue weighted by molar-refractivity contribution is 0.0713. The third-order valence-electron chi connectivity index (χ3n) is 6.23. The zero-order chi connectivity index (χ0) is 22.8. The zero-order valence-electron chi connectivity index (χ0n) is 18.1. The number of nitrogens with zero attached hydrogens (tertiary/aromatic N) is 3. The topological polar surface area (TPSA) is 79.5 Å². The molecule has 0 bridgehead atoms. The summed E-state index contributed by atoms with van der Waals surface area (Å²) in [4.78, 5) is 17.1. The van der Waals surface area contributed by atoms with E-state index in [4.69, 9.17) is 0 Å². The average molecular weight is 445 g/mol. The van der Waals surface area contributed by atoms with E-state index in [1.165, 1.54) is 12.3 Å². The summed E-state index contributed by atoms with van der Waals surface area (Å²) in [5.74, 6) is -0.627. The maximum atomic E-state index is 13.1. The number of hydrogen-bond donors (Lipinski definition) is 2. The highest BCUT2D eigenvalue weighted by Gasteiger charge is 2.25. The Hall–Kier alpha value is -3.58. The summed E-state index contributed by atoms with van der Waals surface area (Å²) in [5.41, 5.74) is 4.95.